The van der Waals surface area contributed by atoms with Gasteiger partial charge in [-0.25, -0.2) is 0 Å². The van der Waals surface area contributed by atoms with Crippen LogP contribution in [0.3, 0.4) is 0 Å². The van der Waals surface area contributed by atoms with E-state index in [0.717, 1.165) is 31.5 Å². The lowest BCUT2D eigenvalue weighted by atomic mass is 9.95. The summed E-state index contributed by atoms with van der Waals surface area (Å²) in [6.45, 7) is 9.32. The summed E-state index contributed by atoms with van der Waals surface area (Å²) in [7, 11) is 0. The van der Waals surface area contributed by atoms with Crippen molar-refractivity contribution in [1.82, 2.24) is 9.80 Å². The van der Waals surface area contributed by atoms with Crippen LogP contribution in [0.1, 0.15) is 52.9 Å². The number of hydrogen-bond donors (Lipinski definition) is 1. The maximum absolute atomic E-state index is 12.7. The van der Waals surface area contributed by atoms with E-state index < -0.39 is 0 Å². The van der Waals surface area contributed by atoms with E-state index in [0.29, 0.717) is 25.7 Å². The Balaban J connectivity index is 1.78. The summed E-state index contributed by atoms with van der Waals surface area (Å²) in [5.41, 5.74) is 0.834. The molecule has 0 saturated carbocycles. The number of carbonyl (C=O) groups is 2. The highest BCUT2D eigenvalue weighted by Crippen LogP contribution is 2.20. The van der Waals surface area contributed by atoms with Crippen molar-refractivity contribution in [3.63, 3.8) is 0 Å². The number of hydrogen-bond acceptors (Lipinski definition) is 3. The maximum Gasteiger partial charge on any atom is 0.236 e. The predicted molar refractivity (Wildman–Crippen MR) is 111 cm³/mol. The third kappa shape index (κ3) is 6.98. The summed E-state index contributed by atoms with van der Waals surface area (Å²) in [5, 5.41) is 2.98. The molecule has 0 atom stereocenters. The van der Waals surface area contributed by atoms with E-state index in [9.17, 15) is 9.59 Å². The van der Waals surface area contributed by atoms with Crippen LogP contribution in [0, 0.1) is 5.92 Å². The molecular formula is C22H35N3O2. The van der Waals surface area contributed by atoms with Crippen molar-refractivity contribution < 1.29 is 9.59 Å². The van der Waals surface area contributed by atoms with Crippen molar-refractivity contribution >= 4 is 17.5 Å². The third-order valence-electron chi connectivity index (χ3n) is 5.38. The van der Waals surface area contributed by atoms with E-state index in [2.05, 4.69) is 31.0 Å². The van der Waals surface area contributed by atoms with Crippen LogP contribution in [0.4, 0.5) is 5.69 Å². The SMILES string of the molecule is CCCCCN(CC(=O)N1CCC(C(=O)Nc2ccccc2)CC1)C(C)C. The van der Waals surface area contributed by atoms with E-state index in [1.807, 2.05) is 35.2 Å². The summed E-state index contributed by atoms with van der Waals surface area (Å²) in [6.07, 6.45) is 5.02. The summed E-state index contributed by atoms with van der Waals surface area (Å²) in [5.74, 6) is 0.249. The molecule has 1 aliphatic rings. The molecule has 1 N–H and O–H groups in total. The molecule has 1 heterocycles. The minimum atomic E-state index is -0.0139. The minimum absolute atomic E-state index is 0.0139. The molecule has 0 unspecified atom stereocenters. The lowest BCUT2D eigenvalue weighted by Gasteiger charge is -2.34. The number of benzene rings is 1. The van der Waals surface area contributed by atoms with E-state index in [-0.39, 0.29) is 17.7 Å². The van der Waals surface area contributed by atoms with Crippen molar-refractivity contribution in [1.29, 1.82) is 0 Å². The number of anilines is 1. The molecule has 1 aromatic rings. The Morgan fingerprint density at radius 2 is 1.81 bits per heavy atom. The number of para-hydroxylation sites is 1. The first-order chi connectivity index (χ1) is 13.0. The van der Waals surface area contributed by atoms with Gasteiger partial charge in [0.05, 0.1) is 6.54 Å². The van der Waals surface area contributed by atoms with Gasteiger partial charge in [-0.2, -0.15) is 0 Å². The summed E-state index contributed by atoms with van der Waals surface area (Å²) >= 11 is 0. The second kappa shape index (κ2) is 11.1. The fourth-order valence-electron chi connectivity index (χ4n) is 3.52. The van der Waals surface area contributed by atoms with Gasteiger partial charge >= 0.3 is 0 Å². The van der Waals surface area contributed by atoms with Crippen LogP contribution in [-0.2, 0) is 9.59 Å². The average molecular weight is 374 g/mol. The summed E-state index contributed by atoms with van der Waals surface area (Å²) < 4.78 is 0. The molecule has 150 valence electrons. The molecule has 1 aliphatic heterocycles. The molecule has 2 amide bonds. The van der Waals surface area contributed by atoms with Gasteiger partial charge in [0.25, 0.3) is 0 Å². The van der Waals surface area contributed by atoms with Gasteiger partial charge in [-0.1, -0.05) is 38.0 Å². The minimum Gasteiger partial charge on any atom is -0.342 e. The molecule has 1 saturated heterocycles. The normalized spacial score (nSPS) is 15.4. The van der Waals surface area contributed by atoms with Crippen LogP contribution in [0.5, 0.6) is 0 Å². The molecule has 27 heavy (non-hydrogen) atoms. The molecule has 0 bridgehead atoms. The van der Waals surface area contributed by atoms with E-state index in [1.54, 1.807) is 0 Å². The summed E-state index contributed by atoms with van der Waals surface area (Å²) in [4.78, 5) is 29.3. The molecule has 1 fully saturated rings. The maximum atomic E-state index is 12.7. The van der Waals surface area contributed by atoms with Gasteiger partial charge in [0, 0.05) is 30.7 Å². The van der Waals surface area contributed by atoms with Gasteiger partial charge in [-0.05, 0) is 51.8 Å². The Bertz CT molecular complexity index is 580. The van der Waals surface area contributed by atoms with Crippen molar-refractivity contribution in [2.75, 3.05) is 31.5 Å². The number of unbranched alkanes of at least 4 members (excludes halogenated alkanes) is 2. The fraction of sp³-hybridized carbons (Fsp3) is 0.636. The second-order valence-electron chi connectivity index (χ2n) is 7.78. The number of carbonyl (C=O) groups excluding carboxylic acids is 2. The lowest BCUT2D eigenvalue weighted by molar-refractivity contribution is -0.136. The third-order valence-corrected chi connectivity index (χ3v) is 5.38. The van der Waals surface area contributed by atoms with Crippen LogP contribution in [-0.4, -0.2) is 53.8 Å². The van der Waals surface area contributed by atoms with Gasteiger partial charge in [-0.3, -0.25) is 14.5 Å². The number of likely N-dealkylation sites (tertiary alicyclic amines) is 1. The van der Waals surface area contributed by atoms with Crippen molar-refractivity contribution in [2.24, 2.45) is 5.92 Å². The van der Waals surface area contributed by atoms with Crippen LogP contribution < -0.4 is 5.32 Å². The number of piperidine rings is 1. The first-order valence-corrected chi connectivity index (χ1v) is 10.4. The van der Waals surface area contributed by atoms with Crippen LogP contribution in [0.15, 0.2) is 30.3 Å². The zero-order chi connectivity index (χ0) is 19.6. The number of rotatable bonds is 9. The molecule has 2 rings (SSSR count). The zero-order valence-electron chi connectivity index (χ0n) is 17.1. The Kier molecular flexibility index (Phi) is 8.79. The van der Waals surface area contributed by atoms with Gasteiger partial charge < -0.3 is 10.2 Å². The van der Waals surface area contributed by atoms with Crippen LogP contribution in [0.2, 0.25) is 0 Å². The van der Waals surface area contributed by atoms with E-state index >= 15 is 0 Å². The van der Waals surface area contributed by atoms with Crippen molar-refractivity contribution in [3.8, 4) is 0 Å². The quantitative estimate of drug-likeness (QED) is 0.671. The molecule has 5 nitrogen and oxygen atoms in total. The van der Waals surface area contributed by atoms with E-state index in [4.69, 9.17) is 0 Å². The summed E-state index contributed by atoms with van der Waals surface area (Å²) in [6, 6.07) is 9.93. The molecule has 0 aromatic heterocycles. The fourth-order valence-corrected chi connectivity index (χ4v) is 3.52. The average Bonchev–Trinajstić information content (AvgIpc) is 2.68. The predicted octanol–water partition coefficient (Wildman–Crippen LogP) is 3.76. The van der Waals surface area contributed by atoms with Crippen LogP contribution in [0.25, 0.3) is 0 Å². The highest BCUT2D eigenvalue weighted by molar-refractivity contribution is 5.92. The Morgan fingerprint density at radius 1 is 1.15 bits per heavy atom. The molecule has 0 aliphatic carbocycles. The number of amides is 2. The van der Waals surface area contributed by atoms with Crippen molar-refractivity contribution in [2.45, 2.75) is 58.9 Å². The Morgan fingerprint density at radius 3 is 2.41 bits per heavy atom. The second-order valence-corrected chi connectivity index (χ2v) is 7.78. The van der Waals surface area contributed by atoms with Gasteiger partial charge in [0.2, 0.25) is 11.8 Å². The van der Waals surface area contributed by atoms with Gasteiger partial charge in [-0.15, -0.1) is 0 Å². The van der Waals surface area contributed by atoms with E-state index in [1.165, 1.54) is 12.8 Å². The standard InChI is InChI=1S/C22H35N3O2/c1-4-5-9-14-25(18(2)3)17-21(26)24-15-12-19(13-16-24)22(27)23-20-10-7-6-8-11-20/h6-8,10-11,18-19H,4-5,9,12-17H2,1-3H3,(H,23,27). The first kappa shape index (κ1) is 21.4. The zero-order valence-corrected chi connectivity index (χ0v) is 17.1. The molecule has 0 spiro atoms. The first-order valence-electron chi connectivity index (χ1n) is 10.4. The highest BCUT2D eigenvalue weighted by Gasteiger charge is 2.28. The van der Waals surface area contributed by atoms with Crippen molar-refractivity contribution in [3.05, 3.63) is 30.3 Å². The largest absolute Gasteiger partial charge is 0.342 e. The molecule has 1 aromatic carbocycles. The van der Waals surface area contributed by atoms with Gasteiger partial charge in [0.15, 0.2) is 0 Å². The lowest BCUT2D eigenvalue weighted by Crippen LogP contribution is -2.47. The number of nitrogens with zero attached hydrogens (tertiary/aromatic N) is 2. The van der Waals surface area contributed by atoms with Crippen LogP contribution >= 0.6 is 0 Å². The Labute approximate surface area is 164 Å². The highest BCUT2D eigenvalue weighted by atomic mass is 16.2. The Hall–Kier alpha value is -1.88. The smallest absolute Gasteiger partial charge is 0.236 e. The molecule has 5 heteroatoms. The number of nitrogens with one attached hydrogen (secondary N) is 1. The van der Waals surface area contributed by atoms with Gasteiger partial charge in [0.1, 0.15) is 0 Å². The molecular weight excluding hydrogens is 338 g/mol. The monoisotopic (exact) mass is 373 g/mol. The molecule has 0 radical (unpaired) electrons. The topological polar surface area (TPSA) is 52.7 Å².